The first kappa shape index (κ1) is 9.85. The molecule has 0 amide bonds. The molecule has 0 aliphatic rings. The monoisotopic (exact) mass is 223 g/mol. The van der Waals surface area contributed by atoms with E-state index >= 15 is 0 Å². The van der Waals surface area contributed by atoms with E-state index in [2.05, 4.69) is 15.2 Å². The maximum absolute atomic E-state index is 11.2. The van der Waals surface area contributed by atoms with Crippen molar-refractivity contribution in [2.24, 2.45) is 0 Å². The smallest absolute Gasteiger partial charge is 0.175 e. The van der Waals surface area contributed by atoms with E-state index in [1.54, 1.807) is 24.3 Å². The van der Waals surface area contributed by atoms with Gasteiger partial charge < -0.3 is 0 Å². The van der Waals surface area contributed by atoms with Crippen molar-refractivity contribution < 1.29 is 8.42 Å². The number of benzene rings is 1. The minimum Gasteiger partial charge on any atom is -0.259 e. The Labute approximate surface area is 87.1 Å². The van der Waals surface area contributed by atoms with E-state index in [1.165, 1.54) is 12.6 Å². The molecule has 0 aliphatic carbocycles. The first-order valence-corrected chi connectivity index (χ1v) is 6.12. The third-order valence-electron chi connectivity index (χ3n) is 1.97. The van der Waals surface area contributed by atoms with E-state index in [0.717, 1.165) is 5.56 Å². The highest BCUT2D eigenvalue weighted by Gasteiger charge is 2.07. The van der Waals surface area contributed by atoms with Gasteiger partial charge in [0.2, 0.25) is 0 Å². The summed E-state index contributed by atoms with van der Waals surface area (Å²) in [6, 6.07) is 6.48. The summed E-state index contributed by atoms with van der Waals surface area (Å²) in [4.78, 5) is 4.26. The molecular weight excluding hydrogens is 214 g/mol. The van der Waals surface area contributed by atoms with Crippen LogP contribution in [0.5, 0.6) is 0 Å². The third kappa shape index (κ3) is 2.04. The Kier molecular flexibility index (Phi) is 2.28. The highest BCUT2D eigenvalue weighted by molar-refractivity contribution is 7.90. The van der Waals surface area contributed by atoms with E-state index in [0.29, 0.717) is 10.7 Å². The Bertz CT molecular complexity index is 544. The van der Waals surface area contributed by atoms with Crippen LogP contribution in [0.25, 0.3) is 11.4 Å². The first-order valence-electron chi connectivity index (χ1n) is 4.23. The molecule has 1 aromatic heterocycles. The zero-order valence-corrected chi connectivity index (χ0v) is 8.82. The summed E-state index contributed by atoms with van der Waals surface area (Å²) in [5.41, 5.74) is 0.805. The fourth-order valence-electron chi connectivity index (χ4n) is 1.20. The summed E-state index contributed by atoms with van der Waals surface area (Å²) in [6.45, 7) is 0. The Hall–Kier alpha value is -1.69. The van der Waals surface area contributed by atoms with Gasteiger partial charge in [0.25, 0.3) is 0 Å². The van der Waals surface area contributed by atoms with Crippen LogP contribution in [-0.2, 0) is 9.84 Å². The number of hydrogen-bond donors (Lipinski definition) is 1. The lowest BCUT2D eigenvalue weighted by atomic mass is 10.2. The average molecular weight is 223 g/mol. The number of nitrogens with zero attached hydrogens (tertiary/aromatic N) is 2. The summed E-state index contributed by atoms with van der Waals surface area (Å²) in [5.74, 6) is 0.620. The van der Waals surface area contributed by atoms with Crippen molar-refractivity contribution >= 4 is 9.84 Å². The average Bonchev–Trinajstić information content (AvgIpc) is 2.69. The van der Waals surface area contributed by atoms with Crippen LogP contribution in [0.15, 0.2) is 35.5 Å². The van der Waals surface area contributed by atoms with Crippen LogP contribution in [0.1, 0.15) is 0 Å². The van der Waals surface area contributed by atoms with Gasteiger partial charge in [-0.05, 0) is 24.3 Å². The molecule has 1 N–H and O–H groups in total. The second kappa shape index (κ2) is 3.47. The predicted octanol–water partition coefficient (Wildman–Crippen LogP) is 0.875. The molecule has 0 aliphatic heterocycles. The van der Waals surface area contributed by atoms with Crippen LogP contribution >= 0.6 is 0 Å². The van der Waals surface area contributed by atoms with Crippen LogP contribution in [0.2, 0.25) is 0 Å². The molecule has 0 unspecified atom stereocenters. The zero-order valence-electron chi connectivity index (χ0n) is 8.01. The van der Waals surface area contributed by atoms with Crippen molar-refractivity contribution in [3.63, 3.8) is 0 Å². The third-order valence-corrected chi connectivity index (χ3v) is 3.10. The Balaban J connectivity index is 2.42. The lowest BCUT2D eigenvalue weighted by molar-refractivity contribution is 0.602. The van der Waals surface area contributed by atoms with Gasteiger partial charge in [-0.15, -0.1) is 0 Å². The van der Waals surface area contributed by atoms with Gasteiger partial charge >= 0.3 is 0 Å². The van der Waals surface area contributed by atoms with Gasteiger partial charge in [0, 0.05) is 11.8 Å². The number of hydrogen-bond acceptors (Lipinski definition) is 4. The van der Waals surface area contributed by atoms with Gasteiger partial charge in [-0.3, -0.25) is 5.10 Å². The number of nitrogens with one attached hydrogen (secondary N) is 1. The van der Waals surface area contributed by atoms with Gasteiger partial charge in [0.05, 0.1) is 4.90 Å². The molecule has 0 spiro atoms. The van der Waals surface area contributed by atoms with E-state index in [9.17, 15) is 8.42 Å². The fourth-order valence-corrected chi connectivity index (χ4v) is 1.84. The van der Waals surface area contributed by atoms with Crippen LogP contribution < -0.4 is 0 Å². The van der Waals surface area contributed by atoms with Crippen molar-refractivity contribution in [1.29, 1.82) is 0 Å². The van der Waals surface area contributed by atoms with Gasteiger partial charge in [-0.2, -0.15) is 5.10 Å². The second-order valence-electron chi connectivity index (χ2n) is 3.13. The number of aromatic amines is 1. The van der Waals surface area contributed by atoms with E-state index in [4.69, 9.17) is 0 Å². The summed E-state index contributed by atoms with van der Waals surface area (Å²) in [6.07, 6.45) is 2.58. The lowest BCUT2D eigenvalue weighted by Gasteiger charge is -1.99. The normalized spacial score (nSPS) is 11.5. The van der Waals surface area contributed by atoms with Crippen LogP contribution in [-0.4, -0.2) is 29.9 Å². The van der Waals surface area contributed by atoms with Gasteiger partial charge in [-0.25, -0.2) is 13.4 Å². The summed E-state index contributed by atoms with van der Waals surface area (Å²) >= 11 is 0. The van der Waals surface area contributed by atoms with Crippen molar-refractivity contribution in [3.8, 4) is 11.4 Å². The Morgan fingerprint density at radius 3 is 2.33 bits per heavy atom. The van der Waals surface area contributed by atoms with Crippen LogP contribution in [0.3, 0.4) is 0 Å². The van der Waals surface area contributed by atoms with Gasteiger partial charge in [0.15, 0.2) is 15.7 Å². The lowest BCUT2D eigenvalue weighted by Crippen LogP contribution is -1.96. The molecule has 2 aromatic rings. The number of sulfone groups is 1. The standard InChI is InChI=1S/C9H9N3O2S/c1-15(13,14)8-4-2-7(3-5-8)9-10-6-11-12-9/h2-6H,1H3,(H,10,11,12). The number of aromatic nitrogens is 3. The molecular formula is C9H9N3O2S. The molecule has 2 rings (SSSR count). The molecule has 0 bridgehead atoms. The molecule has 1 aromatic carbocycles. The molecule has 5 nitrogen and oxygen atoms in total. The quantitative estimate of drug-likeness (QED) is 0.819. The molecule has 15 heavy (non-hydrogen) atoms. The van der Waals surface area contributed by atoms with Crippen molar-refractivity contribution in [1.82, 2.24) is 15.2 Å². The van der Waals surface area contributed by atoms with Crippen molar-refractivity contribution in [3.05, 3.63) is 30.6 Å². The maximum Gasteiger partial charge on any atom is 0.175 e. The van der Waals surface area contributed by atoms with Crippen LogP contribution in [0.4, 0.5) is 0 Å². The Morgan fingerprint density at radius 1 is 1.20 bits per heavy atom. The predicted molar refractivity (Wildman–Crippen MR) is 54.9 cm³/mol. The molecule has 78 valence electrons. The topological polar surface area (TPSA) is 75.7 Å². The molecule has 1 heterocycles. The fraction of sp³-hybridized carbons (Fsp3) is 0.111. The highest BCUT2D eigenvalue weighted by Crippen LogP contribution is 2.16. The molecule has 6 heteroatoms. The summed E-state index contributed by atoms with van der Waals surface area (Å²) in [5, 5.41) is 6.42. The number of H-pyrrole nitrogens is 1. The van der Waals surface area contributed by atoms with E-state index < -0.39 is 9.84 Å². The maximum atomic E-state index is 11.2. The van der Waals surface area contributed by atoms with Gasteiger partial charge in [0.1, 0.15) is 6.33 Å². The highest BCUT2D eigenvalue weighted by atomic mass is 32.2. The molecule has 0 radical (unpaired) electrons. The molecule has 0 saturated carbocycles. The molecule has 0 fully saturated rings. The van der Waals surface area contributed by atoms with Gasteiger partial charge in [-0.1, -0.05) is 0 Å². The van der Waals surface area contributed by atoms with E-state index in [1.807, 2.05) is 0 Å². The largest absolute Gasteiger partial charge is 0.259 e. The first-order chi connectivity index (χ1) is 7.07. The minimum atomic E-state index is -3.13. The van der Waals surface area contributed by atoms with Crippen molar-refractivity contribution in [2.45, 2.75) is 4.90 Å². The second-order valence-corrected chi connectivity index (χ2v) is 5.15. The summed E-state index contributed by atoms with van der Waals surface area (Å²) in [7, 11) is -3.13. The molecule has 0 atom stereocenters. The van der Waals surface area contributed by atoms with Crippen molar-refractivity contribution in [2.75, 3.05) is 6.26 Å². The minimum absolute atomic E-state index is 0.297. The van der Waals surface area contributed by atoms with Crippen LogP contribution in [0, 0.1) is 0 Å². The summed E-state index contributed by atoms with van der Waals surface area (Å²) < 4.78 is 22.4. The number of rotatable bonds is 2. The Morgan fingerprint density at radius 2 is 1.87 bits per heavy atom. The SMILES string of the molecule is CS(=O)(=O)c1ccc(-c2ncn[nH]2)cc1. The zero-order chi connectivity index (χ0) is 10.9. The molecule has 0 saturated heterocycles. The van der Waals surface area contributed by atoms with E-state index in [-0.39, 0.29) is 0 Å².